The SMILES string of the molecule is Cc1nn(C)cc1C(N)CC1CC2CCC1C2. The molecule has 4 atom stereocenters. The van der Waals surface area contributed by atoms with Gasteiger partial charge in [-0.2, -0.15) is 5.10 Å². The Labute approximate surface area is 103 Å². The van der Waals surface area contributed by atoms with Gasteiger partial charge in [0.15, 0.2) is 0 Å². The average Bonchev–Trinajstić information content (AvgIpc) is 2.93. The quantitative estimate of drug-likeness (QED) is 0.872. The van der Waals surface area contributed by atoms with Crippen molar-refractivity contribution < 1.29 is 0 Å². The predicted octanol–water partition coefficient (Wildman–Crippen LogP) is 2.55. The molecular weight excluding hydrogens is 210 g/mol. The highest BCUT2D eigenvalue weighted by molar-refractivity contribution is 5.19. The van der Waals surface area contributed by atoms with E-state index in [1.165, 1.54) is 31.2 Å². The molecule has 3 nitrogen and oxygen atoms in total. The van der Waals surface area contributed by atoms with E-state index in [1.807, 2.05) is 11.7 Å². The Morgan fingerprint density at radius 1 is 1.47 bits per heavy atom. The maximum Gasteiger partial charge on any atom is 0.0641 e. The van der Waals surface area contributed by atoms with Crippen molar-refractivity contribution in [1.29, 1.82) is 0 Å². The fourth-order valence-corrected chi connectivity index (χ4v) is 4.10. The highest BCUT2D eigenvalue weighted by Crippen LogP contribution is 2.50. The van der Waals surface area contributed by atoms with Crippen LogP contribution >= 0.6 is 0 Å². The molecule has 2 fully saturated rings. The molecule has 17 heavy (non-hydrogen) atoms. The van der Waals surface area contributed by atoms with Gasteiger partial charge in [0.1, 0.15) is 0 Å². The van der Waals surface area contributed by atoms with Gasteiger partial charge in [-0.15, -0.1) is 0 Å². The second kappa shape index (κ2) is 4.13. The molecule has 1 aromatic heterocycles. The molecule has 2 aliphatic rings. The Hall–Kier alpha value is -0.830. The van der Waals surface area contributed by atoms with Crippen LogP contribution in [-0.4, -0.2) is 9.78 Å². The Kier molecular flexibility index (Phi) is 2.74. The van der Waals surface area contributed by atoms with Crippen molar-refractivity contribution in [3.63, 3.8) is 0 Å². The first-order chi connectivity index (χ1) is 8.13. The summed E-state index contributed by atoms with van der Waals surface area (Å²) in [5.74, 6) is 2.87. The number of aromatic nitrogens is 2. The second-order valence-electron chi connectivity index (χ2n) is 6.12. The van der Waals surface area contributed by atoms with Gasteiger partial charge in [0.25, 0.3) is 0 Å². The zero-order valence-corrected chi connectivity index (χ0v) is 10.9. The summed E-state index contributed by atoms with van der Waals surface area (Å²) in [6.07, 6.45) is 9.08. The Balaban J connectivity index is 1.67. The van der Waals surface area contributed by atoms with Crippen LogP contribution in [0.4, 0.5) is 0 Å². The molecular formula is C14H23N3. The lowest BCUT2D eigenvalue weighted by Gasteiger charge is -2.24. The molecule has 94 valence electrons. The topological polar surface area (TPSA) is 43.8 Å². The minimum Gasteiger partial charge on any atom is -0.324 e. The maximum atomic E-state index is 6.37. The van der Waals surface area contributed by atoms with Crippen LogP contribution in [-0.2, 0) is 7.05 Å². The van der Waals surface area contributed by atoms with Crippen LogP contribution in [0.2, 0.25) is 0 Å². The van der Waals surface area contributed by atoms with Gasteiger partial charge in [-0.3, -0.25) is 4.68 Å². The lowest BCUT2D eigenvalue weighted by atomic mass is 9.83. The third-order valence-corrected chi connectivity index (χ3v) is 4.89. The molecule has 1 heterocycles. The highest BCUT2D eigenvalue weighted by Gasteiger charge is 2.40. The molecule has 0 aliphatic heterocycles. The van der Waals surface area contributed by atoms with Crippen molar-refractivity contribution in [2.45, 2.75) is 45.1 Å². The zero-order valence-electron chi connectivity index (χ0n) is 10.9. The minimum absolute atomic E-state index is 0.188. The van der Waals surface area contributed by atoms with E-state index >= 15 is 0 Å². The van der Waals surface area contributed by atoms with Crippen LogP contribution in [0.5, 0.6) is 0 Å². The van der Waals surface area contributed by atoms with E-state index in [-0.39, 0.29) is 6.04 Å². The summed E-state index contributed by atoms with van der Waals surface area (Å²) in [5.41, 5.74) is 8.71. The van der Waals surface area contributed by atoms with Gasteiger partial charge in [0.05, 0.1) is 5.69 Å². The summed E-state index contributed by atoms with van der Waals surface area (Å²) < 4.78 is 1.88. The molecule has 0 amide bonds. The van der Waals surface area contributed by atoms with E-state index in [9.17, 15) is 0 Å². The van der Waals surface area contributed by atoms with E-state index < -0.39 is 0 Å². The fraction of sp³-hybridized carbons (Fsp3) is 0.786. The van der Waals surface area contributed by atoms with Gasteiger partial charge in [-0.05, 0) is 50.4 Å². The molecule has 0 aromatic carbocycles. The lowest BCUT2D eigenvalue weighted by molar-refractivity contribution is 0.296. The monoisotopic (exact) mass is 233 g/mol. The smallest absolute Gasteiger partial charge is 0.0641 e. The molecule has 0 spiro atoms. The van der Waals surface area contributed by atoms with Crippen LogP contribution in [0.3, 0.4) is 0 Å². The summed E-state index contributed by atoms with van der Waals surface area (Å²) in [6, 6.07) is 0.188. The van der Waals surface area contributed by atoms with E-state index in [0.717, 1.165) is 29.9 Å². The first-order valence-electron chi connectivity index (χ1n) is 6.89. The van der Waals surface area contributed by atoms with Gasteiger partial charge in [0.2, 0.25) is 0 Å². The Morgan fingerprint density at radius 3 is 2.82 bits per heavy atom. The van der Waals surface area contributed by atoms with E-state index in [2.05, 4.69) is 18.2 Å². The number of nitrogens with two attached hydrogens (primary N) is 1. The maximum absolute atomic E-state index is 6.37. The Morgan fingerprint density at radius 2 is 2.29 bits per heavy atom. The summed E-state index contributed by atoms with van der Waals surface area (Å²) in [4.78, 5) is 0. The molecule has 4 unspecified atom stereocenters. The Bertz CT molecular complexity index is 410. The zero-order chi connectivity index (χ0) is 12.0. The van der Waals surface area contributed by atoms with Crippen LogP contribution < -0.4 is 5.73 Å². The summed E-state index contributed by atoms with van der Waals surface area (Å²) in [6.45, 7) is 2.07. The molecule has 2 saturated carbocycles. The van der Waals surface area contributed by atoms with Crippen molar-refractivity contribution in [3.8, 4) is 0 Å². The molecule has 3 heteroatoms. The number of hydrogen-bond donors (Lipinski definition) is 1. The molecule has 2 N–H and O–H groups in total. The van der Waals surface area contributed by atoms with Crippen molar-refractivity contribution in [3.05, 3.63) is 17.5 Å². The number of rotatable bonds is 3. The third kappa shape index (κ3) is 2.01. The average molecular weight is 233 g/mol. The van der Waals surface area contributed by atoms with Crippen molar-refractivity contribution in [1.82, 2.24) is 9.78 Å². The number of nitrogens with zero attached hydrogens (tertiary/aromatic N) is 2. The van der Waals surface area contributed by atoms with Crippen LogP contribution in [0.15, 0.2) is 6.20 Å². The third-order valence-electron chi connectivity index (χ3n) is 4.89. The lowest BCUT2D eigenvalue weighted by Crippen LogP contribution is -2.19. The van der Waals surface area contributed by atoms with Gasteiger partial charge >= 0.3 is 0 Å². The number of hydrogen-bond acceptors (Lipinski definition) is 2. The van der Waals surface area contributed by atoms with E-state index in [1.54, 1.807) is 0 Å². The van der Waals surface area contributed by atoms with Crippen molar-refractivity contribution in [2.24, 2.45) is 30.5 Å². The predicted molar refractivity (Wildman–Crippen MR) is 68.4 cm³/mol. The van der Waals surface area contributed by atoms with Gasteiger partial charge in [-0.1, -0.05) is 6.42 Å². The normalized spacial score (nSPS) is 33.2. The van der Waals surface area contributed by atoms with Crippen molar-refractivity contribution >= 4 is 0 Å². The number of fused-ring (bicyclic) bond motifs is 2. The van der Waals surface area contributed by atoms with E-state index in [4.69, 9.17) is 5.73 Å². The van der Waals surface area contributed by atoms with Crippen LogP contribution in [0.25, 0.3) is 0 Å². The summed E-state index contributed by atoms with van der Waals surface area (Å²) in [7, 11) is 1.97. The molecule has 2 aliphatic carbocycles. The van der Waals surface area contributed by atoms with Gasteiger partial charge in [0, 0.05) is 24.8 Å². The van der Waals surface area contributed by atoms with Crippen LogP contribution in [0, 0.1) is 24.7 Å². The molecule has 3 rings (SSSR count). The molecule has 2 bridgehead atoms. The first-order valence-corrected chi connectivity index (χ1v) is 6.89. The standard InChI is InChI=1S/C14H23N3/c1-9-13(8-17(2)16-9)14(15)7-12-6-10-3-4-11(12)5-10/h8,10-12,14H,3-7,15H2,1-2H3. The molecule has 1 aromatic rings. The first kappa shape index (κ1) is 11.3. The van der Waals surface area contributed by atoms with Gasteiger partial charge < -0.3 is 5.73 Å². The summed E-state index contributed by atoms with van der Waals surface area (Å²) >= 11 is 0. The highest BCUT2D eigenvalue weighted by atomic mass is 15.2. The fourth-order valence-electron chi connectivity index (χ4n) is 4.10. The van der Waals surface area contributed by atoms with Gasteiger partial charge in [-0.25, -0.2) is 0 Å². The number of aryl methyl sites for hydroxylation is 2. The minimum atomic E-state index is 0.188. The van der Waals surface area contributed by atoms with Crippen LogP contribution in [0.1, 0.15) is 49.4 Å². The van der Waals surface area contributed by atoms with E-state index in [0.29, 0.717) is 0 Å². The largest absolute Gasteiger partial charge is 0.324 e. The second-order valence-corrected chi connectivity index (χ2v) is 6.12. The molecule has 0 radical (unpaired) electrons. The van der Waals surface area contributed by atoms with Crippen molar-refractivity contribution in [2.75, 3.05) is 0 Å². The summed E-state index contributed by atoms with van der Waals surface area (Å²) in [5, 5.41) is 4.39. The molecule has 0 saturated heterocycles.